The minimum atomic E-state index is -5.14. The fourth-order valence-electron chi connectivity index (χ4n) is 0.960. The molecule has 0 heterocycles. The van der Waals surface area contributed by atoms with Crippen molar-refractivity contribution < 1.29 is 78.3 Å². The van der Waals surface area contributed by atoms with Crippen molar-refractivity contribution in [3.05, 3.63) is 35.4 Å². The average Bonchev–Trinajstić information content (AvgIpc) is 2.02. The van der Waals surface area contributed by atoms with Gasteiger partial charge in [-0.1, -0.05) is 24.3 Å². The summed E-state index contributed by atoms with van der Waals surface area (Å²) < 4.78 is 10.4. The van der Waals surface area contributed by atoms with Gasteiger partial charge in [0.05, 0.1) is 0 Å². The van der Waals surface area contributed by atoms with Gasteiger partial charge >= 0.3 is 59.1 Å². The molecule has 0 N–H and O–H groups in total. The first-order valence-corrected chi connectivity index (χ1v) is 5.10. The molecule has 0 aliphatic carbocycles. The van der Waals surface area contributed by atoms with Crippen LogP contribution in [0, 0.1) is 6.92 Å². The van der Waals surface area contributed by atoms with E-state index in [0.717, 1.165) is 0 Å². The van der Waals surface area contributed by atoms with Crippen molar-refractivity contribution in [2.45, 2.75) is 6.92 Å². The molecule has 0 saturated carbocycles. The maximum Gasteiger partial charge on any atom is 1.00 e. The minimum Gasteiger partial charge on any atom is -0.805 e. The van der Waals surface area contributed by atoms with Gasteiger partial charge in [0.15, 0.2) is 5.52 Å². The molecule has 1 aromatic rings. The molecule has 4 nitrogen and oxygen atoms in total. The number of hydrogen-bond acceptors (Lipinski definition) is 4. The minimum absolute atomic E-state index is 0. The smallest absolute Gasteiger partial charge is 0.805 e. The van der Waals surface area contributed by atoms with E-state index in [2.05, 4.69) is 0 Å². The number of aryl methyl sites for hydroxylation is 1. The number of carbonyl (C=O) groups is 1. The Kier molecular flexibility index (Phi) is 9.06. The summed E-state index contributed by atoms with van der Waals surface area (Å²) >= 11 is 0. The Balaban J connectivity index is 0. The van der Waals surface area contributed by atoms with E-state index < -0.39 is 13.1 Å². The van der Waals surface area contributed by atoms with Crippen LogP contribution in [0.15, 0.2) is 24.3 Å². The Morgan fingerprint density at radius 2 is 1.67 bits per heavy atom. The molecule has 0 saturated heterocycles. The number of rotatable bonds is 2. The third-order valence-corrected chi connectivity index (χ3v) is 2.36. The van der Waals surface area contributed by atoms with Crippen LogP contribution in [0.2, 0.25) is 0 Å². The van der Waals surface area contributed by atoms with Crippen LogP contribution in [-0.2, 0) is 4.57 Å². The van der Waals surface area contributed by atoms with Gasteiger partial charge in [0.25, 0.3) is 0 Å². The third-order valence-electron chi connectivity index (χ3n) is 1.62. The predicted molar refractivity (Wildman–Crippen MR) is 43.1 cm³/mol. The zero-order valence-corrected chi connectivity index (χ0v) is 13.8. The van der Waals surface area contributed by atoms with E-state index in [1.807, 2.05) is 0 Å². The summed E-state index contributed by atoms with van der Waals surface area (Å²) in [6.45, 7) is 1.57. The normalized spacial score (nSPS) is 9.80. The maximum absolute atomic E-state index is 11.0. The number of carbonyl (C=O) groups excluding carboxylic acids is 1. The van der Waals surface area contributed by atoms with E-state index in [9.17, 15) is 19.1 Å². The van der Waals surface area contributed by atoms with Crippen LogP contribution in [0.1, 0.15) is 15.9 Å². The summed E-state index contributed by atoms with van der Waals surface area (Å²) in [6, 6.07) is 6.06. The molecule has 0 aromatic heterocycles. The van der Waals surface area contributed by atoms with Gasteiger partial charge in [-0.3, -0.25) is 4.79 Å². The van der Waals surface area contributed by atoms with E-state index in [-0.39, 0.29) is 64.7 Å². The van der Waals surface area contributed by atoms with Crippen molar-refractivity contribution in [1.29, 1.82) is 0 Å². The van der Waals surface area contributed by atoms with E-state index in [1.54, 1.807) is 19.1 Å². The van der Waals surface area contributed by atoms with Crippen LogP contribution < -0.4 is 68.9 Å². The van der Waals surface area contributed by atoms with Crippen LogP contribution in [0.5, 0.6) is 0 Å². The van der Waals surface area contributed by atoms with Gasteiger partial charge < -0.3 is 14.4 Å². The van der Waals surface area contributed by atoms with E-state index in [4.69, 9.17) is 0 Å². The molecule has 15 heavy (non-hydrogen) atoms. The average molecular weight is 244 g/mol. The molecule has 70 valence electrons. The van der Waals surface area contributed by atoms with Gasteiger partial charge in [-0.05, 0) is 12.5 Å². The zero-order valence-electron chi connectivity index (χ0n) is 8.89. The fraction of sp³-hybridized carbons (Fsp3) is 0.125. The van der Waals surface area contributed by atoms with Gasteiger partial charge in [-0.15, -0.1) is 0 Å². The molecule has 1 aromatic carbocycles. The molecule has 0 aliphatic rings. The van der Waals surface area contributed by atoms with Crippen LogP contribution in [0.25, 0.3) is 0 Å². The first kappa shape index (κ1) is 18.4. The van der Waals surface area contributed by atoms with Gasteiger partial charge in [-0.2, -0.15) is 0 Å². The summed E-state index contributed by atoms with van der Waals surface area (Å²) in [6.07, 6.45) is 0. The second-order valence-corrected chi connectivity index (χ2v) is 4.02. The second kappa shape index (κ2) is 7.38. The molecule has 0 fully saturated rings. The molecule has 0 radical (unpaired) electrons. The predicted octanol–water partition coefficient (Wildman–Crippen LogP) is -5.94. The van der Waals surface area contributed by atoms with E-state index >= 15 is 0 Å². The molecule has 1 rings (SSSR count). The Hall–Kier alpha value is 1.04. The molecule has 0 aliphatic heterocycles. The van der Waals surface area contributed by atoms with E-state index in [1.165, 1.54) is 12.1 Å². The van der Waals surface area contributed by atoms with Crippen molar-refractivity contribution in [2.75, 3.05) is 0 Å². The van der Waals surface area contributed by atoms with E-state index in [0.29, 0.717) is 5.56 Å². The Labute approximate surface area is 132 Å². The van der Waals surface area contributed by atoms with Crippen molar-refractivity contribution in [1.82, 2.24) is 0 Å². The van der Waals surface area contributed by atoms with Crippen LogP contribution in [0.4, 0.5) is 0 Å². The number of benzene rings is 1. The SMILES string of the molecule is Cc1ccccc1C(=O)P(=O)([O-])[O-].[Na+].[Na+]. The van der Waals surface area contributed by atoms with Crippen molar-refractivity contribution in [2.24, 2.45) is 0 Å². The van der Waals surface area contributed by atoms with Gasteiger partial charge in [0, 0.05) is 13.2 Å². The standard InChI is InChI=1S/C8H9O4P.2Na/c1-6-4-2-3-5-7(6)8(9)13(10,11)12;;/h2-5H,1H3,(H2,10,11,12);;/q;2*+1/p-2. The van der Waals surface area contributed by atoms with Crippen LogP contribution >= 0.6 is 7.60 Å². The fourth-order valence-corrected chi connectivity index (χ4v) is 1.51. The summed E-state index contributed by atoms with van der Waals surface area (Å²) in [5.41, 5.74) is -0.902. The Morgan fingerprint density at radius 3 is 2.07 bits per heavy atom. The quantitative estimate of drug-likeness (QED) is 0.383. The van der Waals surface area contributed by atoms with Gasteiger partial charge in [-0.25, -0.2) is 0 Å². The molecular formula is C8H7Na2O4P. The first-order valence-electron chi connectivity index (χ1n) is 3.55. The monoisotopic (exact) mass is 244 g/mol. The van der Waals surface area contributed by atoms with Crippen molar-refractivity contribution in [3.8, 4) is 0 Å². The summed E-state index contributed by atoms with van der Waals surface area (Å²) in [7, 11) is -5.14. The second-order valence-electron chi connectivity index (χ2n) is 2.62. The largest absolute Gasteiger partial charge is 1.00 e. The van der Waals surface area contributed by atoms with Gasteiger partial charge in [0.1, 0.15) is 0 Å². The summed E-state index contributed by atoms with van der Waals surface area (Å²) in [5, 5.41) is 0. The summed E-state index contributed by atoms with van der Waals surface area (Å²) in [5.74, 6) is 0. The number of hydrogen-bond donors (Lipinski definition) is 0. The maximum atomic E-state index is 11.0. The topological polar surface area (TPSA) is 80.3 Å². The van der Waals surface area contributed by atoms with Crippen molar-refractivity contribution >= 4 is 13.1 Å². The molecule has 0 atom stereocenters. The van der Waals surface area contributed by atoms with Crippen LogP contribution in [0.3, 0.4) is 0 Å². The zero-order chi connectivity index (χ0) is 10.1. The molecule has 0 amide bonds. The summed E-state index contributed by atoms with van der Waals surface area (Å²) in [4.78, 5) is 31.8. The molecule has 7 heteroatoms. The molecule has 0 unspecified atom stereocenters. The van der Waals surface area contributed by atoms with Crippen molar-refractivity contribution in [3.63, 3.8) is 0 Å². The molecule has 0 bridgehead atoms. The first-order chi connectivity index (χ1) is 5.93. The Bertz CT molecular complexity index is 388. The van der Waals surface area contributed by atoms with Gasteiger partial charge in [0.2, 0.25) is 0 Å². The molecular weight excluding hydrogens is 237 g/mol. The Morgan fingerprint density at radius 1 is 1.20 bits per heavy atom. The third kappa shape index (κ3) is 5.26. The molecule has 0 spiro atoms. The van der Waals surface area contributed by atoms with Crippen LogP contribution in [-0.4, -0.2) is 5.52 Å².